The monoisotopic (exact) mass is 2060 g/mol. The van der Waals surface area contributed by atoms with E-state index < -0.39 is 357 Å². The first-order chi connectivity index (χ1) is 68.0. The van der Waals surface area contributed by atoms with Crippen LogP contribution in [0.4, 0.5) is 0 Å². The Kier molecular flexibility index (Phi) is 45.4. The Morgan fingerprint density at radius 2 is 0.854 bits per heavy atom. The van der Waals surface area contributed by atoms with Crippen LogP contribution in [0.15, 0.2) is 111 Å². The van der Waals surface area contributed by atoms with E-state index in [4.69, 9.17) is 11.5 Å². The van der Waals surface area contributed by atoms with Gasteiger partial charge in [0.1, 0.15) is 65.9 Å². The number of thioether (sulfide) groups is 3. The molecule has 2 aliphatic heterocycles. The molecule has 0 unspecified atom stereocenters. The molecule has 7 rings (SSSR count). The van der Waals surface area contributed by atoms with Crippen LogP contribution in [-0.2, 0) is 144 Å². The number of carbonyl (C=O) groups is 22. The third kappa shape index (κ3) is 37.7. The van der Waals surface area contributed by atoms with Gasteiger partial charge in [-0.1, -0.05) is 113 Å². The standard InChI is InChI=1S/C93H120N18O30S3/c1-48-42-142-44-58(113)19-13-31-109-90(139)110-32-29-96-71(117)46-143-43-56(78(95)127)38-69(115)77(93(4,5)6)108-88(137)66(41-76(125)126)106-85(134)63(35-52-21-23-57(112)24-22-52)103-84(133)62(34-51-14-8-7-9-15-51)104-87(136)65(40-75(123)124)105-83(132)61(26-28-74(121)122)101-89(138)67(45-144-47-72(118)97-30-33-111(91(109)140)92(110)141)107-81(130)50(3)99-82(131)55(36-54-18-12-17-53-16-10-11-20-59(53)54)37-68(114)60(25-27-73(119)120)100-86(135)64(39-70(94)116)102-80(129)49(2)98-79(48)128/h7-12,14-18,20-24,48-50,55-56,60-67,77,112H,13,19,25-47H2,1-6H3,(H2,94,116)(H2,95,127)(H,96,117)(H,97,118)(H,98,128)(H,99,131)(H,100,135)(H,101,138)(H,102,129)(H,103,133)(H,104,136)(H,105,132)(H,106,134)(H,107,130)(H,108,137)(H,119,120)(H,121,122)(H,123,124)(H,125,126)/t48-,49+,50+,55+,56-,60-,61-,62-,63-,64-,65-,66-,67-,77+/m0/s1. The number of rotatable bonds is 19. The molecule has 4 bridgehead atoms. The first-order valence-electron chi connectivity index (χ1n) is 45.8. The summed E-state index contributed by atoms with van der Waals surface area (Å²) in [7, 11) is 0. The molecule has 48 nitrogen and oxygen atoms in total. The maximum Gasteiger partial charge on any atom is 0.336 e. The number of carboxylic acids is 4. The maximum atomic E-state index is 15.2. The first-order valence-corrected chi connectivity index (χ1v) is 49.3. The number of fused-ring (bicyclic) bond motifs is 10. The molecule has 22 N–H and O–H groups in total. The van der Waals surface area contributed by atoms with Crippen LogP contribution in [0.25, 0.3) is 10.8 Å². The second-order valence-corrected chi connectivity index (χ2v) is 38.7. The molecule has 0 spiro atoms. The average Bonchev–Trinajstić information content (AvgIpc) is 0.781. The van der Waals surface area contributed by atoms with Gasteiger partial charge in [-0.2, -0.15) is 23.5 Å². The van der Waals surface area contributed by atoms with Crippen LogP contribution in [-0.4, -0.2) is 283 Å². The van der Waals surface area contributed by atoms with Crippen LogP contribution in [0.2, 0.25) is 0 Å². The highest BCUT2D eigenvalue weighted by Gasteiger charge is 2.42. The van der Waals surface area contributed by atoms with Crippen LogP contribution in [0.5, 0.6) is 5.75 Å². The number of ketones is 3. The summed E-state index contributed by atoms with van der Waals surface area (Å²) >= 11 is 2.32. The van der Waals surface area contributed by atoms with E-state index in [-0.39, 0.29) is 53.4 Å². The molecule has 0 saturated heterocycles. The lowest BCUT2D eigenvalue weighted by Crippen LogP contribution is -2.61. The molecule has 5 aromatic rings. The number of nitrogens with one attached hydrogen (secondary N) is 13. The van der Waals surface area contributed by atoms with E-state index in [1.165, 1.54) is 83.1 Å². The molecule has 4 aromatic carbocycles. The van der Waals surface area contributed by atoms with Crippen LogP contribution >= 0.6 is 35.3 Å². The summed E-state index contributed by atoms with van der Waals surface area (Å²) in [5, 5.41) is 83.2. The Bertz CT molecular complexity index is 5790. The summed E-state index contributed by atoms with van der Waals surface area (Å²) in [6, 6.07) is 3.24. The second-order valence-electron chi connectivity index (χ2n) is 35.6. The predicted molar refractivity (Wildman–Crippen MR) is 520 cm³/mol. The van der Waals surface area contributed by atoms with Gasteiger partial charge in [-0.25, -0.2) is 28.1 Å². The van der Waals surface area contributed by atoms with Crippen molar-refractivity contribution in [1.82, 2.24) is 82.8 Å². The Labute approximate surface area is 836 Å². The number of carboxylic acid groups (broad SMARTS) is 4. The summed E-state index contributed by atoms with van der Waals surface area (Å²) in [5.74, 6) is -33.3. The van der Waals surface area contributed by atoms with E-state index in [0.717, 1.165) is 30.4 Å². The summed E-state index contributed by atoms with van der Waals surface area (Å²) in [6.45, 7) is 5.17. The van der Waals surface area contributed by atoms with Crippen molar-refractivity contribution in [3.63, 3.8) is 0 Å². The zero-order valence-electron chi connectivity index (χ0n) is 79.7. The number of aliphatic carboxylic acids is 4. The predicted octanol–water partition coefficient (Wildman–Crippen LogP) is -4.19. The van der Waals surface area contributed by atoms with Gasteiger partial charge in [0.25, 0.3) is 0 Å². The Balaban J connectivity index is 1.35. The number of carbonyl (C=O) groups excluding carboxylic acids is 18. The van der Waals surface area contributed by atoms with Crippen LogP contribution < -0.4 is 97.7 Å². The normalized spacial score (nSPS) is 23.8. The number of hydrogen-bond acceptors (Lipinski definition) is 29. The van der Waals surface area contributed by atoms with Crippen molar-refractivity contribution in [2.75, 3.05) is 47.6 Å². The fourth-order valence-electron chi connectivity index (χ4n) is 15.1. The molecule has 0 radical (unpaired) electrons. The van der Waals surface area contributed by atoms with Gasteiger partial charge in [-0.3, -0.25) is 105 Å². The van der Waals surface area contributed by atoms with Gasteiger partial charge in [0.05, 0.1) is 54.5 Å². The minimum absolute atomic E-state index is 0.0551. The van der Waals surface area contributed by atoms with E-state index in [1.807, 2.05) is 0 Å². The molecule has 0 fully saturated rings. The van der Waals surface area contributed by atoms with Crippen molar-refractivity contribution >= 4 is 176 Å². The molecule has 51 heteroatoms. The number of amides is 15. The lowest BCUT2D eigenvalue weighted by atomic mass is 9.81. The van der Waals surface area contributed by atoms with Crippen molar-refractivity contribution in [3.8, 4) is 5.75 Å². The Morgan fingerprint density at radius 1 is 0.410 bits per heavy atom. The number of phenols is 1. The maximum absolute atomic E-state index is 15.2. The fourth-order valence-corrected chi connectivity index (χ4v) is 18.0. The topological polar surface area (TPSA) is 751 Å². The molecule has 1 aromatic heterocycles. The number of nitrogens with zero attached hydrogens (tertiary/aromatic N) is 3. The molecule has 780 valence electrons. The van der Waals surface area contributed by atoms with Gasteiger partial charge in [-0.05, 0) is 84.5 Å². The molecule has 3 heterocycles. The largest absolute Gasteiger partial charge is 0.508 e. The van der Waals surface area contributed by atoms with Crippen LogP contribution in [0, 0.1) is 23.2 Å². The van der Waals surface area contributed by atoms with E-state index in [9.17, 15) is 131 Å². The van der Waals surface area contributed by atoms with Gasteiger partial charge in [0, 0.05) is 107 Å². The lowest BCUT2D eigenvalue weighted by Gasteiger charge is -2.32. The quantitative estimate of drug-likeness (QED) is 0.0373. The average molecular weight is 2070 g/mol. The van der Waals surface area contributed by atoms with Gasteiger partial charge >= 0.3 is 40.9 Å². The smallest absolute Gasteiger partial charge is 0.336 e. The minimum Gasteiger partial charge on any atom is -0.508 e. The van der Waals surface area contributed by atoms with Crippen molar-refractivity contribution in [2.24, 2.45) is 34.6 Å². The highest BCUT2D eigenvalue weighted by atomic mass is 32.2. The number of aromatic nitrogens is 3. The highest BCUT2D eigenvalue weighted by molar-refractivity contribution is 8.00. The molecular weight excluding hydrogens is 1950 g/mol. The van der Waals surface area contributed by atoms with E-state index in [2.05, 4.69) is 69.1 Å². The van der Waals surface area contributed by atoms with Gasteiger partial charge in [0.15, 0.2) is 11.6 Å². The molecular formula is C93H120N18O30S3. The fraction of sp³-hybridized carbons (Fsp3) is 0.495. The summed E-state index contributed by atoms with van der Waals surface area (Å²) < 4.78 is 1.70. The number of primary amides is 2. The lowest BCUT2D eigenvalue weighted by molar-refractivity contribution is -0.142. The SMILES string of the molecule is C[C@H]1CSCC(=O)CCCn2c(=O)n3c(=O)n(c2=O)CCNC(=O)CSC[C@H](NC(=O)[C@@H](C)NC(=O)[C@H](Cc2cccc4ccccc24)CC(=O)[C@H](CCC(=O)O)NC(=O)[C@H](CC(N)=O)NC(=O)[C@@H](C)NC1=O)C(=O)N[C@@H](CCC(=O)O)C(=O)N[C@@H](CC(=O)O)C(=O)N[C@@H](Cc1ccccc1)C(=O)N[C@@H](Cc1ccc(O)cc1)C(=O)N[C@@H](CC(=O)O)C(=O)N[C@@H](C(C)(C)C)C(=O)C[C@H](C(N)=O)CSCC(=O)NCC3. The number of nitrogens with two attached hydrogens (primary N) is 2. The zero-order chi connectivity index (χ0) is 107. The molecule has 15 amide bonds. The molecule has 14 atom stereocenters. The minimum atomic E-state index is -2.31. The second kappa shape index (κ2) is 56.3. The first kappa shape index (κ1) is 116. The van der Waals surface area contributed by atoms with Crippen LogP contribution in [0.1, 0.15) is 129 Å². The van der Waals surface area contributed by atoms with E-state index >= 15 is 14.4 Å². The Hall–Kier alpha value is -14.7. The van der Waals surface area contributed by atoms with Crippen molar-refractivity contribution in [1.29, 1.82) is 0 Å². The third-order valence-electron chi connectivity index (χ3n) is 22.9. The molecule has 0 saturated carbocycles. The summed E-state index contributed by atoms with van der Waals surface area (Å²) in [5.41, 5.74) is 7.18. The molecule has 0 aliphatic carbocycles. The zero-order valence-corrected chi connectivity index (χ0v) is 82.1. The van der Waals surface area contributed by atoms with Gasteiger partial charge in [0.2, 0.25) is 88.6 Å². The highest BCUT2D eigenvalue weighted by Crippen LogP contribution is 2.28. The summed E-state index contributed by atoms with van der Waals surface area (Å²) in [6.07, 6.45) is -10.5. The van der Waals surface area contributed by atoms with Gasteiger partial charge < -0.3 is 106 Å². The molecule has 2 aliphatic rings. The van der Waals surface area contributed by atoms with E-state index in [1.54, 1.807) is 48.5 Å². The Morgan fingerprint density at radius 3 is 1.39 bits per heavy atom. The van der Waals surface area contributed by atoms with Crippen molar-refractivity contribution in [3.05, 3.63) is 145 Å². The number of benzene rings is 4. The van der Waals surface area contributed by atoms with Crippen LogP contribution in [0.3, 0.4) is 0 Å². The number of Topliss-reactive ketones (excluding diaryl/α,β-unsaturated/α-hetero) is 3. The molecule has 144 heavy (non-hydrogen) atoms. The third-order valence-corrected chi connectivity index (χ3v) is 26.3. The van der Waals surface area contributed by atoms with E-state index in [0.29, 0.717) is 41.8 Å². The number of aromatic hydroxyl groups is 1. The summed E-state index contributed by atoms with van der Waals surface area (Å²) in [4.78, 5) is 351. The number of phenolic OH excluding ortho intramolecular Hbond substituents is 1. The number of hydrogen-bond donors (Lipinski definition) is 20. The van der Waals surface area contributed by atoms with Gasteiger partial charge in [-0.15, -0.1) is 11.8 Å². The van der Waals surface area contributed by atoms with Crippen molar-refractivity contribution < 1.29 is 131 Å². The van der Waals surface area contributed by atoms with Crippen molar-refractivity contribution in [2.45, 2.75) is 218 Å².